The number of nitrogens with zero attached hydrogens (tertiary/aromatic N) is 1. The van der Waals surface area contributed by atoms with Gasteiger partial charge < -0.3 is 0 Å². The summed E-state index contributed by atoms with van der Waals surface area (Å²) in [6.07, 6.45) is 12.8. The third-order valence-corrected chi connectivity index (χ3v) is 6.65. The van der Waals surface area contributed by atoms with Crippen molar-refractivity contribution in [3.8, 4) is 0 Å². The molecule has 0 N–H and O–H groups in total. The van der Waals surface area contributed by atoms with Crippen LogP contribution in [0.15, 0.2) is 76.1 Å². The van der Waals surface area contributed by atoms with Gasteiger partial charge >= 0.3 is 0 Å². The van der Waals surface area contributed by atoms with Gasteiger partial charge in [-0.2, -0.15) is 0 Å². The number of rotatable bonds is 0. The number of thioether (sulfide) groups is 1. The van der Waals surface area contributed by atoms with Crippen molar-refractivity contribution in [1.82, 2.24) is 0 Å². The largest absolute Gasteiger partial charge is 0.264 e. The molecule has 6 rings (SSSR count). The average molecular weight is 412 g/mol. The van der Waals surface area contributed by atoms with Crippen LogP contribution in [0, 0.1) is 16.3 Å². The Morgan fingerprint density at radius 2 is 1.77 bits per heavy atom. The Balaban J connectivity index is 0.000000149. The molecule has 0 saturated carbocycles. The van der Waals surface area contributed by atoms with E-state index in [9.17, 15) is 4.39 Å². The number of hydrogen-bond acceptors (Lipinski definition) is 2. The van der Waals surface area contributed by atoms with Gasteiger partial charge in [0.25, 0.3) is 0 Å². The molecule has 3 aromatic carbocycles. The van der Waals surface area contributed by atoms with Crippen molar-refractivity contribution >= 4 is 30.1 Å². The second kappa shape index (κ2) is 8.45. The highest BCUT2D eigenvalue weighted by Crippen LogP contribution is 2.24. The first-order valence-corrected chi connectivity index (χ1v) is 11.2. The predicted octanol–water partition coefficient (Wildman–Crippen LogP) is 5.25. The summed E-state index contributed by atoms with van der Waals surface area (Å²) in [7, 11) is 0. The second-order valence-electron chi connectivity index (χ2n) is 7.61. The highest BCUT2D eigenvalue weighted by Gasteiger charge is 2.11. The quantitative estimate of drug-likeness (QED) is 0.492. The summed E-state index contributed by atoms with van der Waals surface area (Å²) in [5, 5.41) is 6.90. The van der Waals surface area contributed by atoms with E-state index in [4.69, 9.17) is 0 Å². The molecule has 30 heavy (non-hydrogen) atoms. The summed E-state index contributed by atoms with van der Waals surface area (Å²) in [6.45, 7) is 0. The van der Waals surface area contributed by atoms with Crippen LogP contribution in [0.2, 0.25) is 0 Å². The fraction of sp³-hybridized carbons (Fsp3) is 0.148. The van der Waals surface area contributed by atoms with Crippen LogP contribution < -0.4 is 10.4 Å². The fourth-order valence-corrected chi connectivity index (χ4v) is 5.03. The lowest BCUT2D eigenvalue weighted by atomic mass is 9.89. The lowest BCUT2D eigenvalue weighted by Crippen LogP contribution is -2.19. The lowest BCUT2D eigenvalue weighted by molar-refractivity contribution is 0.626. The summed E-state index contributed by atoms with van der Waals surface area (Å²) in [6, 6.07) is 17.8. The van der Waals surface area contributed by atoms with E-state index in [0.717, 1.165) is 11.6 Å². The molecule has 3 heteroatoms. The van der Waals surface area contributed by atoms with Gasteiger partial charge in [-0.15, -0.1) is 0 Å². The van der Waals surface area contributed by atoms with Gasteiger partial charge in [0.15, 0.2) is 0 Å². The minimum absolute atomic E-state index is 0.148. The number of halogens is 1. The molecule has 1 aliphatic heterocycles. The number of aliphatic imine (C=N–C) groups is 1. The van der Waals surface area contributed by atoms with Gasteiger partial charge in [-0.05, 0) is 81.3 Å². The van der Waals surface area contributed by atoms with E-state index in [1.54, 1.807) is 23.9 Å². The Morgan fingerprint density at radius 1 is 0.867 bits per heavy atom. The molecule has 0 spiro atoms. The Kier molecular flexibility index (Phi) is 5.37. The van der Waals surface area contributed by atoms with Gasteiger partial charge in [0.2, 0.25) is 0 Å². The molecule has 0 bridgehead atoms. The molecule has 3 aromatic rings. The van der Waals surface area contributed by atoms with Gasteiger partial charge in [0.05, 0.1) is 0 Å². The van der Waals surface area contributed by atoms with Gasteiger partial charge in [0, 0.05) is 22.9 Å². The van der Waals surface area contributed by atoms with E-state index in [2.05, 4.69) is 41.4 Å². The third kappa shape index (κ3) is 3.78. The molecule has 0 fully saturated rings. The van der Waals surface area contributed by atoms with Crippen LogP contribution >= 0.6 is 11.8 Å². The normalized spacial score (nSPS) is 15.1. The van der Waals surface area contributed by atoms with Crippen molar-refractivity contribution in [3.63, 3.8) is 0 Å². The standard InChI is InChI=1S/C18H15F.C9H7NS/c19-14-7-10-16-13(11-14)6-9-17-15-4-2-1-3-12(15)5-8-18(16)17;1-2-4-9-8(3-1)7-10-5-6-11-9/h3,5-8,10-11H,1-2,4,9H2;1-7H. The molecule has 0 amide bonds. The van der Waals surface area contributed by atoms with Crippen molar-refractivity contribution in [2.24, 2.45) is 4.99 Å². The summed E-state index contributed by atoms with van der Waals surface area (Å²) in [5.74, 6) is -0.148. The molecule has 3 aliphatic rings. The van der Waals surface area contributed by atoms with Crippen molar-refractivity contribution in [2.45, 2.75) is 30.6 Å². The van der Waals surface area contributed by atoms with E-state index < -0.39 is 0 Å². The van der Waals surface area contributed by atoms with Crippen LogP contribution in [-0.4, -0.2) is 6.21 Å². The van der Waals surface area contributed by atoms with Crippen molar-refractivity contribution in [2.75, 3.05) is 0 Å². The molecule has 1 heterocycles. The molecule has 1 nitrogen and oxygen atoms in total. The van der Waals surface area contributed by atoms with Crippen molar-refractivity contribution in [1.29, 1.82) is 0 Å². The maximum Gasteiger partial charge on any atom is 0.123 e. The van der Waals surface area contributed by atoms with E-state index in [1.165, 1.54) is 56.5 Å². The van der Waals surface area contributed by atoms with Crippen molar-refractivity contribution < 1.29 is 4.39 Å². The Hall–Kier alpha value is -2.91. The van der Waals surface area contributed by atoms with Crippen LogP contribution in [0.25, 0.3) is 12.2 Å². The smallest absolute Gasteiger partial charge is 0.123 e. The van der Waals surface area contributed by atoms with Crippen LogP contribution in [0.3, 0.4) is 0 Å². The molecule has 148 valence electrons. The zero-order chi connectivity index (χ0) is 20.3. The molecular weight excluding hydrogens is 389 g/mol. The van der Waals surface area contributed by atoms with E-state index in [-0.39, 0.29) is 5.82 Å². The van der Waals surface area contributed by atoms with Crippen LogP contribution in [0.4, 0.5) is 4.39 Å². The maximum absolute atomic E-state index is 13.3. The Morgan fingerprint density at radius 3 is 2.73 bits per heavy atom. The SMILES string of the molecule is C1=CSc2ccccc2C=N1.Fc1ccc2c(c1)=CCc1c3c(ccc1=2)=CCCC3. The highest BCUT2D eigenvalue weighted by molar-refractivity contribution is 8.02. The Labute approximate surface area is 179 Å². The van der Waals surface area contributed by atoms with Gasteiger partial charge in [-0.25, -0.2) is 4.39 Å². The zero-order valence-electron chi connectivity index (χ0n) is 16.6. The first kappa shape index (κ1) is 19.1. The van der Waals surface area contributed by atoms with E-state index in [0.29, 0.717) is 0 Å². The summed E-state index contributed by atoms with van der Waals surface area (Å²) in [4.78, 5) is 5.35. The molecule has 0 aromatic heterocycles. The third-order valence-electron chi connectivity index (χ3n) is 5.77. The van der Waals surface area contributed by atoms with E-state index in [1.807, 2.05) is 36.0 Å². The zero-order valence-corrected chi connectivity index (χ0v) is 17.5. The first-order valence-electron chi connectivity index (χ1n) is 10.3. The molecule has 0 unspecified atom stereocenters. The van der Waals surface area contributed by atoms with Gasteiger partial charge in [-0.1, -0.05) is 60.3 Å². The molecule has 2 aliphatic carbocycles. The highest BCUT2D eigenvalue weighted by atomic mass is 32.2. The number of benzene rings is 3. The van der Waals surface area contributed by atoms with Gasteiger partial charge in [-0.3, -0.25) is 4.99 Å². The molecule has 0 saturated heterocycles. The first-order chi connectivity index (χ1) is 14.8. The number of fused-ring (bicyclic) bond motifs is 5. The topological polar surface area (TPSA) is 12.4 Å². The Bertz CT molecular complexity index is 1390. The monoisotopic (exact) mass is 411 g/mol. The number of hydrogen-bond donors (Lipinski definition) is 0. The van der Waals surface area contributed by atoms with Crippen LogP contribution in [0.1, 0.15) is 29.5 Å². The summed E-state index contributed by atoms with van der Waals surface area (Å²) in [5.41, 5.74) is 4.16. The van der Waals surface area contributed by atoms with Crippen LogP contribution in [-0.2, 0) is 12.8 Å². The summed E-state index contributed by atoms with van der Waals surface area (Å²) < 4.78 is 13.3. The molecule has 0 radical (unpaired) electrons. The molecular formula is C27H22FNS. The lowest BCUT2D eigenvalue weighted by Gasteiger charge is -2.16. The van der Waals surface area contributed by atoms with Crippen LogP contribution in [0.5, 0.6) is 0 Å². The van der Waals surface area contributed by atoms with Gasteiger partial charge in [0.1, 0.15) is 5.82 Å². The predicted molar refractivity (Wildman–Crippen MR) is 124 cm³/mol. The summed E-state index contributed by atoms with van der Waals surface area (Å²) >= 11 is 1.70. The molecule has 0 atom stereocenters. The maximum atomic E-state index is 13.3. The van der Waals surface area contributed by atoms with E-state index >= 15 is 0 Å². The minimum atomic E-state index is -0.148. The second-order valence-corrected chi connectivity index (χ2v) is 8.56. The van der Waals surface area contributed by atoms with Crippen molar-refractivity contribution in [3.05, 3.63) is 110 Å². The minimum Gasteiger partial charge on any atom is -0.264 e. The average Bonchev–Trinajstić information content (AvgIpc) is 3.04. The fourth-order valence-electron chi connectivity index (χ4n) is 4.34.